The molecule has 2 aromatic heterocycles. The van der Waals surface area contributed by atoms with E-state index in [0.717, 1.165) is 42.9 Å². The molecule has 0 saturated heterocycles. The van der Waals surface area contributed by atoms with E-state index in [9.17, 15) is 4.79 Å². The summed E-state index contributed by atoms with van der Waals surface area (Å²) < 4.78 is 0. The third-order valence-electron chi connectivity index (χ3n) is 4.73. The summed E-state index contributed by atoms with van der Waals surface area (Å²) in [5.74, 6) is 0.657. The smallest absolute Gasteiger partial charge is 0.274 e. The number of hydrogen-bond donors (Lipinski definition) is 1. The fourth-order valence-electron chi connectivity index (χ4n) is 3.18. The van der Waals surface area contributed by atoms with E-state index in [1.807, 2.05) is 19.2 Å². The highest BCUT2D eigenvalue weighted by Gasteiger charge is 2.27. The minimum absolute atomic E-state index is 0.0351. The van der Waals surface area contributed by atoms with Crippen LogP contribution in [0.2, 0.25) is 0 Å². The van der Waals surface area contributed by atoms with Crippen molar-refractivity contribution >= 4 is 5.91 Å². The van der Waals surface area contributed by atoms with Crippen molar-refractivity contribution in [3.8, 4) is 0 Å². The first-order chi connectivity index (χ1) is 12.0. The van der Waals surface area contributed by atoms with Crippen LogP contribution in [0.15, 0.2) is 24.5 Å². The Kier molecular flexibility index (Phi) is 5.48. The summed E-state index contributed by atoms with van der Waals surface area (Å²) in [5, 5.41) is 7.41. The van der Waals surface area contributed by atoms with E-state index < -0.39 is 0 Å². The fraction of sp³-hybridized carbons (Fsp3) is 0.526. The molecule has 6 nitrogen and oxygen atoms in total. The number of nitrogens with one attached hydrogen (secondary N) is 1. The third kappa shape index (κ3) is 4.25. The second-order valence-corrected chi connectivity index (χ2v) is 7.26. The van der Waals surface area contributed by atoms with E-state index in [0.29, 0.717) is 18.2 Å². The molecule has 3 rings (SSSR count). The number of aromatic amines is 1. The van der Waals surface area contributed by atoms with Crippen LogP contribution in [-0.2, 0) is 19.5 Å². The second-order valence-electron chi connectivity index (χ2n) is 7.26. The lowest BCUT2D eigenvalue weighted by Crippen LogP contribution is -2.34. The molecule has 1 aliphatic heterocycles. The molecular formula is C19H27N5O. The SMILES string of the molecule is CC(C)CCN1CCc2[nH]nc(C(=O)N(C)Cc3cccnc3)c2C1. The number of carbonyl (C=O) groups is 1. The molecule has 25 heavy (non-hydrogen) atoms. The molecule has 6 heteroatoms. The topological polar surface area (TPSA) is 65.1 Å². The molecular weight excluding hydrogens is 314 g/mol. The molecule has 0 bridgehead atoms. The number of rotatable bonds is 6. The Morgan fingerprint density at radius 2 is 2.28 bits per heavy atom. The predicted molar refractivity (Wildman–Crippen MR) is 97.1 cm³/mol. The number of aromatic nitrogens is 3. The lowest BCUT2D eigenvalue weighted by molar-refractivity contribution is 0.0776. The Morgan fingerprint density at radius 1 is 1.44 bits per heavy atom. The van der Waals surface area contributed by atoms with Crippen LogP contribution in [0.4, 0.5) is 0 Å². The molecule has 0 aliphatic carbocycles. The van der Waals surface area contributed by atoms with E-state index in [-0.39, 0.29) is 5.91 Å². The molecule has 0 atom stereocenters. The quantitative estimate of drug-likeness (QED) is 0.877. The van der Waals surface area contributed by atoms with Gasteiger partial charge in [0.05, 0.1) is 0 Å². The van der Waals surface area contributed by atoms with Gasteiger partial charge in [0.2, 0.25) is 0 Å². The van der Waals surface area contributed by atoms with Crippen molar-refractivity contribution in [3.63, 3.8) is 0 Å². The highest BCUT2D eigenvalue weighted by atomic mass is 16.2. The Balaban J connectivity index is 1.69. The normalized spacial score (nSPS) is 14.6. The molecule has 0 unspecified atom stereocenters. The Bertz CT molecular complexity index is 710. The Hall–Kier alpha value is -2.21. The van der Waals surface area contributed by atoms with Crippen LogP contribution in [0.5, 0.6) is 0 Å². The highest BCUT2D eigenvalue weighted by Crippen LogP contribution is 2.22. The minimum Gasteiger partial charge on any atom is -0.336 e. The van der Waals surface area contributed by atoms with Crippen LogP contribution >= 0.6 is 0 Å². The lowest BCUT2D eigenvalue weighted by atomic mass is 10.0. The molecule has 2 aromatic rings. The summed E-state index contributed by atoms with van der Waals surface area (Å²) >= 11 is 0. The van der Waals surface area contributed by atoms with Gasteiger partial charge >= 0.3 is 0 Å². The summed E-state index contributed by atoms with van der Waals surface area (Å²) in [7, 11) is 1.82. The number of pyridine rings is 1. The van der Waals surface area contributed by atoms with Crippen LogP contribution in [0, 0.1) is 5.92 Å². The Morgan fingerprint density at radius 3 is 3.00 bits per heavy atom. The minimum atomic E-state index is -0.0351. The lowest BCUT2D eigenvalue weighted by Gasteiger charge is -2.27. The van der Waals surface area contributed by atoms with Crippen LogP contribution in [0.1, 0.15) is 47.6 Å². The van der Waals surface area contributed by atoms with Gasteiger partial charge in [-0.2, -0.15) is 5.10 Å². The van der Waals surface area contributed by atoms with Crippen molar-refractivity contribution in [1.82, 2.24) is 25.0 Å². The van der Waals surface area contributed by atoms with Gasteiger partial charge in [-0.3, -0.25) is 19.8 Å². The summed E-state index contributed by atoms with van der Waals surface area (Å²) in [6.07, 6.45) is 5.63. The number of fused-ring (bicyclic) bond motifs is 1. The van der Waals surface area contributed by atoms with Crippen LogP contribution in [0.25, 0.3) is 0 Å². The number of amides is 1. The molecule has 3 heterocycles. The average molecular weight is 341 g/mol. The van der Waals surface area contributed by atoms with Gasteiger partial charge in [0.1, 0.15) is 0 Å². The summed E-state index contributed by atoms with van der Waals surface area (Å²) in [6, 6.07) is 3.86. The monoisotopic (exact) mass is 341 g/mol. The maximum Gasteiger partial charge on any atom is 0.274 e. The van der Waals surface area contributed by atoms with Gasteiger partial charge in [0, 0.05) is 56.8 Å². The van der Waals surface area contributed by atoms with Crippen molar-refractivity contribution in [2.75, 3.05) is 20.1 Å². The van der Waals surface area contributed by atoms with Gasteiger partial charge in [0.15, 0.2) is 5.69 Å². The molecule has 0 radical (unpaired) electrons. The molecule has 0 aromatic carbocycles. The zero-order chi connectivity index (χ0) is 17.8. The number of H-pyrrole nitrogens is 1. The first kappa shape index (κ1) is 17.6. The van der Waals surface area contributed by atoms with Gasteiger partial charge < -0.3 is 4.90 Å². The van der Waals surface area contributed by atoms with E-state index in [2.05, 4.69) is 33.9 Å². The molecule has 0 saturated carbocycles. The van der Waals surface area contributed by atoms with E-state index in [1.165, 1.54) is 6.42 Å². The van der Waals surface area contributed by atoms with Crippen molar-refractivity contribution in [3.05, 3.63) is 47.0 Å². The zero-order valence-corrected chi connectivity index (χ0v) is 15.3. The van der Waals surface area contributed by atoms with Crippen LogP contribution in [0.3, 0.4) is 0 Å². The van der Waals surface area contributed by atoms with Crippen molar-refractivity contribution in [2.45, 2.75) is 39.8 Å². The van der Waals surface area contributed by atoms with Gasteiger partial charge in [-0.1, -0.05) is 19.9 Å². The third-order valence-corrected chi connectivity index (χ3v) is 4.73. The van der Waals surface area contributed by atoms with Crippen LogP contribution in [-0.4, -0.2) is 51.0 Å². The fourth-order valence-corrected chi connectivity index (χ4v) is 3.18. The Labute approximate surface area is 149 Å². The number of carbonyl (C=O) groups excluding carboxylic acids is 1. The largest absolute Gasteiger partial charge is 0.336 e. The average Bonchev–Trinajstić information content (AvgIpc) is 3.03. The van der Waals surface area contributed by atoms with Crippen LogP contribution < -0.4 is 0 Å². The first-order valence-corrected chi connectivity index (χ1v) is 8.97. The van der Waals surface area contributed by atoms with Crippen molar-refractivity contribution in [1.29, 1.82) is 0 Å². The van der Waals surface area contributed by atoms with Gasteiger partial charge in [-0.15, -0.1) is 0 Å². The molecule has 134 valence electrons. The van der Waals surface area contributed by atoms with E-state index in [1.54, 1.807) is 17.3 Å². The van der Waals surface area contributed by atoms with Gasteiger partial charge in [-0.05, 0) is 30.5 Å². The molecule has 0 spiro atoms. The number of nitrogens with zero attached hydrogens (tertiary/aromatic N) is 4. The molecule has 1 aliphatic rings. The molecule has 1 N–H and O–H groups in total. The molecule has 1 amide bonds. The highest BCUT2D eigenvalue weighted by molar-refractivity contribution is 5.93. The van der Waals surface area contributed by atoms with Crippen molar-refractivity contribution < 1.29 is 4.79 Å². The summed E-state index contributed by atoms with van der Waals surface area (Å²) in [6.45, 7) is 7.93. The first-order valence-electron chi connectivity index (χ1n) is 8.97. The maximum absolute atomic E-state index is 12.9. The van der Waals surface area contributed by atoms with E-state index in [4.69, 9.17) is 0 Å². The number of hydrogen-bond acceptors (Lipinski definition) is 4. The van der Waals surface area contributed by atoms with Gasteiger partial charge in [0.25, 0.3) is 5.91 Å². The summed E-state index contributed by atoms with van der Waals surface area (Å²) in [5.41, 5.74) is 3.76. The van der Waals surface area contributed by atoms with Crippen molar-refractivity contribution in [2.24, 2.45) is 5.92 Å². The maximum atomic E-state index is 12.9. The molecule has 0 fully saturated rings. The second kappa shape index (κ2) is 7.78. The standard InChI is InChI=1S/C19H27N5O/c1-14(2)6-9-24-10-7-17-16(13-24)18(22-21-17)19(25)23(3)12-15-5-4-8-20-11-15/h4-5,8,11,14H,6-7,9-10,12-13H2,1-3H3,(H,21,22). The summed E-state index contributed by atoms with van der Waals surface area (Å²) in [4.78, 5) is 21.1. The zero-order valence-electron chi connectivity index (χ0n) is 15.3. The predicted octanol–water partition coefficient (Wildman–Crippen LogP) is 2.48. The van der Waals surface area contributed by atoms with E-state index >= 15 is 0 Å². The van der Waals surface area contributed by atoms with Gasteiger partial charge in [-0.25, -0.2) is 0 Å².